The van der Waals surface area contributed by atoms with Crippen LogP contribution in [0.2, 0.25) is 0 Å². The molecule has 0 aliphatic carbocycles. The number of benzene rings is 2. The van der Waals surface area contributed by atoms with Crippen molar-refractivity contribution in [2.24, 2.45) is 0 Å². The first kappa shape index (κ1) is 14.6. The highest BCUT2D eigenvalue weighted by atomic mass is 14.9. The van der Waals surface area contributed by atoms with Gasteiger partial charge in [-0.05, 0) is 49.9 Å². The molecule has 1 N–H and O–H groups in total. The van der Waals surface area contributed by atoms with Gasteiger partial charge in [-0.1, -0.05) is 55.3 Å². The topological polar surface area (TPSA) is 12.0 Å². The molecule has 2 aromatic carbocycles. The van der Waals surface area contributed by atoms with E-state index in [9.17, 15) is 0 Å². The maximum Gasteiger partial charge on any atom is 0.0485 e. The summed E-state index contributed by atoms with van der Waals surface area (Å²) in [5.41, 5.74) is 5.26. The predicted octanol–water partition coefficient (Wildman–Crippen LogP) is 5.51. The molecule has 1 nitrogen and oxygen atoms in total. The van der Waals surface area contributed by atoms with Gasteiger partial charge in [0.1, 0.15) is 0 Å². The van der Waals surface area contributed by atoms with Crippen molar-refractivity contribution in [1.29, 1.82) is 0 Å². The number of nitrogens with one attached hydrogen (secondary N) is 1. The first-order valence-electron chi connectivity index (χ1n) is 7.61. The Labute approximate surface area is 123 Å². The Kier molecular flexibility index (Phi) is 5.23. The van der Waals surface area contributed by atoms with E-state index in [-0.39, 0.29) is 0 Å². The van der Waals surface area contributed by atoms with Crippen molar-refractivity contribution in [3.05, 3.63) is 65.2 Å². The summed E-state index contributed by atoms with van der Waals surface area (Å²) < 4.78 is 0. The van der Waals surface area contributed by atoms with Crippen LogP contribution in [0.4, 0.5) is 5.69 Å². The zero-order chi connectivity index (χ0) is 14.4. The summed E-state index contributed by atoms with van der Waals surface area (Å²) in [6.45, 7) is 6.56. The SMILES string of the molecule is CCCCc1ccc(NC(C)c2ccc(C)cc2)cc1. The summed E-state index contributed by atoms with van der Waals surface area (Å²) in [5, 5.41) is 3.56. The van der Waals surface area contributed by atoms with Crippen LogP contribution in [0, 0.1) is 6.92 Å². The normalized spacial score (nSPS) is 12.2. The van der Waals surface area contributed by atoms with Crippen LogP contribution in [0.5, 0.6) is 0 Å². The Bertz CT molecular complexity index is 510. The fraction of sp³-hybridized carbons (Fsp3) is 0.368. The van der Waals surface area contributed by atoms with Crippen LogP contribution in [0.25, 0.3) is 0 Å². The van der Waals surface area contributed by atoms with E-state index in [1.165, 1.54) is 41.6 Å². The maximum absolute atomic E-state index is 3.56. The fourth-order valence-corrected chi connectivity index (χ4v) is 2.34. The Morgan fingerprint density at radius 1 is 0.950 bits per heavy atom. The van der Waals surface area contributed by atoms with Crippen molar-refractivity contribution >= 4 is 5.69 Å². The highest BCUT2D eigenvalue weighted by molar-refractivity contribution is 5.46. The van der Waals surface area contributed by atoms with Gasteiger partial charge >= 0.3 is 0 Å². The lowest BCUT2D eigenvalue weighted by Crippen LogP contribution is -2.06. The van der Waals surface area contributed by atoms with E-state index in [4.69, 9.17) is 0 Å². The Hall–Kier alpha value is -1.76. The Morgan fingerprint density at radius 2 is 1.60 bits per heavy atom. The molecule has 0 heterocycles. The number of hydrogen-bond donors (Lipinski definition) is 1. The van der Waals surface area contributed by atoms with Crippen molar-refractivity contribution in [2.45, 2.75) is 46.1 Å². The maximum atomic E-state index is 3.56. The monoisotopic (exact) mass is 267 g/mol. The summed E-state index contributed by atoms with van der Waals surface area (Å²) in [6.07, 6.45) is 3.71. The van der Waals surface area contributed by atoms with Gasteiger partial charge in [0, 0.05) is 11.7 Å². The number of hydrogen-bond acceptors (Lipinski definition) is 1. The molecule has 1 unspecified atom stereocenters. The molecule has 0 fully saturated rings. The molecule has 0 aliphatic rings. The zero-order valence-corrected chi connectivity index (χ0v) is 12.8. The molecule has 2 aromatic rings. The van der Waals surface area contributed by atoms with Gasteiger partial charge in [-0.15, -0.1) is 0 Å². The van der Waals surface area contributed by atoms with Crippen LogP contribution < -0.4 is 5.32 Å². The third-order valence-electron chi connectivity index (χ3n) is 3.73. The molecule has 1 heteroatoms. The van der Waals surface area contributed by atoms with Gasteiger partial charge in [0.15, 0.2) is 0 Å². The highest BCUT2D eigenvalue weighted by Gasteiger charge is 2.04. The van der Waals surface area contributed by atoms with Gasteiger partial charge in [0.05, 0.1) is 0 Å². The molecule has 20 heavy (non-hydrogen) atoms. The molecular formula is C19H25N. The molecule has 0 saturated heterocycles. The molecule has 0 radical (unpaired) electrons. The van der Waals surface area contributed by atoms with Gasteiger partial charge in [-0.25, -0.2) is 0 Å². The molecule has 0 bridgehead atoms. The average Bonchev–Trinajstić information content (AvgIpc) is 2.47. The van der Waals surface area contributed by atoms with Crippen LogP contribution >= 0.6 is 0 Å². The van der Waals surface area contributed by atoms with Crippen LogP contribution in [-0.4, -0.2) is 0 Å². The quantitative estimate of drug-likeness (QED) is 0.727. The molecule has 106 valence electrons. The molecule has 0 spiro atoms. The van der Waals surface area contributed by atoms with Crippen molar-refractivity contribution in [2.75, 3.05) is 5.32 Å². The lowest BCUT2D eigenvalue weighted by atomic mass is 10.1. The third-order valence-corrected chi connectivity index (χ3v) is 3.73. The summed E-state index contributed by atoms with van der Waals surface area (Å²) >= 11 is 0. The molecule has 0 amide bonds. The van der Waals surface area contributed by atoms with Crippen LogP contribution in [0.15, 0.2) is 48.5 Å². The summed E-state index contributed by atoms with van der Waals surface area (Å²) in [6, 6.07) is 17.9. The van der Waals surface area contributed by atoms with Crippen molar-refractivity contribution in [3.8, 4) is 0 Å². The predicted molar refractivity (Wildman–Crippen MR) is 88.3 cm³/mol. The standard InChI is InChI=1S/C19H25N/c1-4-5-6-17-9-13-19(14-10-17)20-16(3)18-11-7-15(2)8-12-18/h7-14,16,20H,4-6H2,1-3H3. The average molecular weight is 267 g/mol. The van der Waals surface area contributed by atoms with Gasteiger partial charge < -0.3 is 5.32 Å². The van der Waals surface area contributed by atoms with Gasteiger partial charge in [-0.3, -0.25) is 0 Å². The molecular weight excluding hydrogens is 242 g/mol. The van der Waals surface area contributed by atoms with Gasteiger partial charge in [0.2, 0.25) is 0 Å². The molecule has 2 rings (SSSR count). The highest BCUT2D eigenvalue weighted by Crippen LogP contribution is 2.20. The minimum atomic E-state index is 0.331. The van der Waals surface area contributed by atoms with E-state index in [0.29, 0.717) is 6.04 Å². The van der Waals surface area contributed by atoms with Crippen LogP contribution in [0.1, 0.15) is 49.4 Å². The molecule has 1 atom stereocenters. The van der Waals surface area contributed by atoms with Gasteiger partial charge in [-0.2, -0.15) is 0 Å². The largest absolute Gasteiger partial charge is 0.379 e. The van der Waals surface area contributed by atoms with Crippen LogP contribution in [0.3, 0.4) is 0 Å². The fourth-order valence-electron chi connectivity index (χ4n) is 2.34. The second-order valence-corrected chi connectivity index (χ2v) is 5.58. The van der Waals surface area contributed by atoms with Crippen molar-refractivity contribution in [3.63, 3.8) is 0 Å². The van der Waals surface area contributed by atoms with Crippen molar-refractivity contribution < 1.29 is 0 Å². The number of aryl methyl sites for hydroxylation is 2. The minimum absolute atomic E-state index is 0.331. The van der Waals surface area contributed by atoms with E-state index in [2.05, 4.69) is 74.6 Å². The third kappa shape index (κ3) is 4.12. The Balaban J connectivity index is 1.97. The van der Waals surface area contributed by atoms with Crippen molar-refractivity contribution in [1.82, 2.24) is 0 Å². The first-order valence-corrected chi connectivity index (χ1v) is 7.61. The van der Waals surface area contributed by atoms with E-state index in [1.54, 1.807) is 0 Å². The first-order chi connectivity index (χ1) is 9.69. The minimum Gasteiger partial charge on any atom is -0.379 e. The second kappa shape index (κ2) is 7.14. The molecule has 0 aromatic heterocycles. The molecule has 0 saturated carbocycles. The lowest BCUT2D eigenvalue weighted by Gasteiger charge is -2.16. The number of unbranched alkanes of at least 4 members (excludes halogenated alkanes) is 1. The van der Waals surface area contributed by atoms with E-state index < -0.39 is 0 Å². The van der Waals surface area contributed by atoms with Crippen LogP contribution in [-0.2, 0) is 6.42 Å². The summed E-state index contributed by atoms with van der Waals surface area (Å²) in [5.74, 6) is 0. The molecule has 0 aliphatic heterocycles. The van der Waals surface area contributed by atoms with E-state index in [0.717, 1.165) is 0 Å². The number of rotatable bonds is 6. The van der Waals surface area contributed by atoms with E-state index in [1.807, 2.05) is 0 Å². The van der Waals surface area contributed by atoms with Gasteiger partial charge in [0.25, 0.3) is 0 Å². The Morgan fingerprint density at radius 3 is 2.20 bits per heavy atom. The summed E-state index contributed by atoms with van der Waals surface area (Å²) in [4.78, 5) is 0. The zero-order valence-electron chi connectivity index (χ0n) is 12.8. The smallest absolute Gasteiger partial charge is 0.0485 e. The second-order valence-electron chi connectivity index (χ2n) is 5.58. The number of anilines is 1. The van der Waals surface area contributed by atoms with E-state index >= 15 is 0 Å². The lowest BCUT2D eigenvalue weighted by molar-refractivity contribution is 0.795. The summed E-state index contributed by atoms with van der Waals surface area (Å²) in [7, 11) is 0.